The predicted octanol–water partition coefficient (Wildman–Crippen LogP) is 1.41. The van der Waals surface area contributed by atoms with Crippen LogP contribution in [0.1, 0.15) is 10.4 Å². The van der Waals surface area contributed by atoms with E-state index in [0.717, 1.165) is 0 Å². The molecule has 2 aromatic rings. The van der Waals surface area contributed by atoms with Gasteiger partial charge in [-0.2, -0.15) is 0 Å². The van der Waals surface area contributed by atoms with Gasteiger partial charge in [0, 0.05) is 24.8 Å². The van der Waals surface area contributed by atoms with E-state index in [0.29, 0.717) is 41.7 Å². The van der Waals surface area contributed by atoms with Crippen molar-refractivity contribution < 1.29 is 23.8 Å². The summed E-state index contributed by atoms with van der Waals surface area (Å²) in [5, 5.41) is 5.25. The predicted molar refractivity (Wildman–Crippen MR) is 102 cm³/mol. The van der Waals surface area contributed by atoms with E-state index < -0.39 is 0 Å². The molecule has 0 unspecified atom stereocenters. The Bertz CT molecular complexity index is 777. The molecular formula is C19H23N3O5. The van der Waals surface area contributed by atoms with Crippen molar-refractivity contribution in [3.63, 3.8) is 0 Å². The fraction of sp³-hybridized carbons (Fsp3) is 0.263. The summed E-state index contributed by atoms with van der Waals surface area (Å²) in [5.74, 6) is 0.841. The van der Waals surface area contributed by atoms with Gasteiger partial charge in [0.15, 0.2) is 18.1 Å². The first-order valence-corrected chi connectivity index (χ1v) is 8.33. The molecule has 0 fully saturated rings. The number of nitrogens with two attached hydrogens (primary N) is 1. The second kappa shape index (κ2) is 10.0. The number of likely N-dealkylation sites (N-methyl/N-ethyl adjacent to an activating group) is 1. The van der Waals surface area contributed by atoms with E-state index in [9.17, 15) is 9.59 Å². The van der Waals surface area contributed by atoms with Crippen LogP contribution in [-0.2, 0) is 4.79 Å². The molecule has 2 rings (SSSR count). The summed E-state index contributed by atoms with van der Waals surface area (Å²) in [6.07, 6.45) is 0. The molecule has 8 nitrogen and oxygen atoms in total. The zero-order valence-electron chi connectivity index (χ0n) is 15.3. The van der Waals surface area contributed by atoms with Gasteiger partial charge in [-0.25, -0.2) is 0 Å². The summed E-state index contributed by atoms with van der Waals surface area (Å²) in [7, 11) is 2.98. The lowest BCUT2D eigenvalue weighted by atomic mass is 10.2. The summed E-state index contributed by atoms with van der Waals surface area (Å²) >= 11 is 0. The molecule has 2 amide bonds. The topological polar surface area (TPSA) is 112 Å². The Morgan fingerprint density at radius 2 is 1.78 bits per heavy atom. The maximum atomic E-state index is 12.4. The molecule has 0 aliphatic carbocycles. The third-order valence-corrected chi connectivity index (χ3v) is 3.56. The number of rotatable bonds is 9. The Morgan fingerprint density at radius 1 is 1.04 bits per heavy atom. The van der Waals surface area contributed by atoms with Gasteiger partial charge in [-0.15, -0.1) is 0 Å². The van der Waals surface area contributed by atoms with Gasteiger partial charge >= 0.3 is 0 Å². The molecule has 0 bridgehead atoms. The van der Waals surface area contributed by atoms with E-state index in [1.165, 1.54) is 14.2 Å². The van der Waals surface area contributed by atoms with Crippen molar-refractivity contribution >= 4 is 17.5 Å². The van der Waals surface area contributed by atoms with Gasteiger partial charge in [-0.1, -0.05) is 0 Å². The molecule has 4 N–H and O–H groups in total. The van der Waals surface area contributed by atoms with Crippen molar-refractivity contribution in [3.8, 4) is 17.2 Å². The van der Waals surface area contributed by atoms with Gasteiger partial charge in [0.2, 0.25) is 0 Å². The summed E-state index contributed by atoms with van der Waals surface area (Å²) in [5.41, 5.74) is 6.41. The van der Waals surface area contributed by atoms with Crippen LogP contribution in [0, 0.1) is 0 Å². The van der Waals surface area contributed by atoms with Crippen molar-refractivity contribution in [2.24, 2.45) is 5.73 Å². The number of anilines is 1. The minimum atomic E-state index is -0.304. The Morgan fingerprint density at radius 3 is 2.41 bits per heavy atom. The first-order valence-electron chi connectivity index (χ1n) is 8.33. The van der Waals surface area contributed by atoms with Crippen LogP contribution in [0.15, 0.2) is 42.5 Å². The fourth-order valence-corrected chi connectivity index (χ4v) is 2.16. The number of amides is 2. The molecule has 27 heavy (non-hydrogen) atoms. The molecule has 8 heteroatoms. The van der Waals surface area contributed by atoms with E-state index in [1.54, 1.807) is 42.5 Å². The lowest BCUT2D eigenvalue weighted by molar-refractivity contribution is -0.122. The molecule has 0 aromatic heterocycles. The van der Waals surface area contributed by atoms with Gasteiger partial charge in [0.1, 0.15) is 12.4 Å². The number of carbonyl (C=O) groups excluding carboxylic acids is 2. The SMILES string of the molecule is CNC(=O)COc1ccc(C(=O)Nc2ccc(OCCN)cc2)cc1OC. The molecule has 0 heterocycles. The minimum absolute atomic E-state index is 0.142. The van der Waals surface area contributed by atoms with Crippen LogP contribution >= 0.6 is 0 Å². The first-order chi connectivity index (χ1) is 13.1. The van der Waals surface area contributed by atoms with E-state index in [1.807, 2.05) is 0 Å². The lowest BCUT2D eigenvalue weighted by Gasteiger charge is -2.12. The van der Waals surface area contributed by atoms with E-state index in [4.69, 9.17) is 19.9 Å². The molecule has 0 atom stereocenters. The van der Waals surface area contributed by atoms with Crippen molar-refractivity contribution in [3.05, 3.63) is 48.0 Å². The number of methoxy groups -OCH3 is 1. The van der Waals surface area contributed by atoms with Crippen molar-refractivity contribution in [2.45, 2.75) is 0 Å². The van der Waals surface area contributed by atoms with E-state index in [-0.39, 0.29) is 18.4 Å². The molecular weight excluding hydrogens is 350 g/mol. The standard InChI is InChI=1S/C19H23N3O5/c1-21-18(23)12-27-16-8-3-13(11-17(16)25-2)19(24)22-14-4-6-15(7-5-14)26-10-9-20/h3-8,11H,9-10,12,20H2,1-2H3,(H,21,23)(H,22,24). The molecule has 144 valence electrons. The maximum absolute atomic E-state index is 12.4. The molecule has 0 saturated heterocycles. The average molecular weight is 373 g/mol. The lowest BCUT2D eigenvalue weighted by Crippen LogP contribution is -2.25. The second-order valence-corrected chi connectivity index (χ2v) is 5.44. The third kappa shape index (κ3) is 5.89. The van der Waals surface area contributed by atoms with Gasteiger partial charge < -0.3 is 30.6 Å². The fourth-order valence-electron chi connectivity index (χ4n) is 2.16. The van der Waals surface area contributed by atoms with Crippen LogP contribution in [0.4, 0.5) is 5.69 Å². The molecule has 0 aliphatic heterocycles. The maximum Gasteiger partial charge on any atom is 0.257 e. The molecule has 0 saturated carbocycles. The molecule has 0 spiro atoms. The van der Waals surface area contributed by atoms with Crippen LogP contribution in [-0.4, -0.2) is 45.7 Å². The van der Waals surface area contributed by atoms with Gasteiger partial charge in [0.05, 0.1) is 7.11 Å². The van der Waals surface area contributed by atoms with Crippen LogP contribution < -0.4 is 30.6 Å². The first kappa shape index (κ1) is 20.1. The highest BCUT2D eigenvalue weighted by molar-refractivity contribution is 6.04. The van der Waals surface area contributed by atoms with Crippen LogP contribution in [0.5, 0.6) is 17.2 Å². The average Bonchev–Trinajstić information content (AvgIpc) is 2.71. The zero-order valence-corrected chi connectivity index (χ0v) is 15.3. The zero-order chi connectivity index (χ0) is 19.6. The molecule has 2 aromatic carbocycles. The molecule has 0 radical (unpaired) electrons. The Hall–Kier alpha value is -3.26. The normalized spacial score (nSPS) is 10.0. The van der Waals surface area contributed by atoms with Crippen LogP contribution in [0.3, 0.4) is 0 Å². The Labute approximate surface area is 157 Å². The number of hydrogen-bond acceptors (Lipinski definition) is 6. The van der Waals surface area contributed by atoms with Crippen molar-refractivity contribution in [1.82, 2.24) is 5.32 Å². The van der Waals surface area contributed by atoms with Gasteiger partial charge in [0.25, 0.3) is 11.8 Å². The largest absolute Gasteiger partial charge is 0.493 e. The van der Waals surface area contributed by atoms with E-state index >= 15 is 0 Å². The quantitative estimate of drug-likeness (QED) is 0.613. The number of carbonyl (C=O) groups is 2. The Balaban J connectivity index is 2.04. The highest BCUT2D eigenvalue weighted by atomic mass is 16.5. The minimum Gasteiger partial charge on any atom is -0.493 e. The van der Waals surface area contributed by atoms with Gasteiger partial charge in [-0.3, -0.25) is 9.59 Å². The Kier molecular flexibility index (Phi) is 7.45. The number of benzene rings is 2. The molecule has 0 aliphatic rings. The summed E-state index contributed by atoms with van der Waals surface area (Å²) in [6, 6.07) is 11.7. The highest BCUT2D eigenvalue weighted by Gasteiger charge is 2.12. The van der Waals surface area contributed by atoms with Gasteiger partial charge in [-0.05, 0) is 42.5 Å². The number of nitrogens with one attached hydrogen (secondary N) is 2. The van der Waals surface area contributed by atoms with Crippen molar-refractivity contribution in [2.75, 3.05) is 39.2 Å². The smallest absolute Gasteiger partial charge is 0.257 e. The summed E-state index contributed by atoms with van der Waals surface area (Å²) in [6.45, 7) is 0.722. The highest BCUT2D eigenvalue weighted by Crippen LogP contribution is 2.28. The van der Waals surface area contributed by atoms with E-state index in [2.05, 4.69) is 10.6 Å². The second-order valence-electron chi connectivity index (χ2n) is 5.44. The van der Waals surface area contributed by atoms with Crippen LogP contribution in [0.2, 0.25) is 0 Å². The summed E-state index contributed by atoms with van der Waals surface area (Å²) in [4.78, 5) is 23.7. The summed E-state index contributed by atoms with van der Waals surface area (Å²) < 4.78 is 16.0. The monoisotopic (exact) mass is 373 g/mol. The third-order valence-electron chi connectivity index (χ3n) is 3.56. The van der Waals surface area contributed by atoms with Crippen LogP contribution in [0.25, 0.3) is 0 Å². The van der Waals surface area contributed by atoms with Crippen molar-refractivity contribution in [1.29, 1.82) is 0 Å². The number of hydrogen-bond donors (Lipinski definition) is 3. The number of ether oxygens (including phenoxy) is 3.